The summed E-state index contributed by atoms with van der Waals surface area (Å²) in [6, 6.07) is 7.55. The van der Waals surface area contributed by atoms with Crippen LogP contribution in [0, 0.1) is 54.3 Å². The van der Waals surface area contributed by atoms with Gasteiger partial charge in [0.15, 0.2) is 23.8 Å². The highest BCUT2D eigenvalue weighted by Crippen LogP contribution is 2.63. The highest BCUT2D eigenvalue weighted by molar-refractivity contribution is 5.91. The Hall–Kier alpha value is -2.16. The topological polar surface area (TPSA) is 125 Å². The molecule has 1 aromatic rings. The van der Waals surface area contributed by atoms with Crippen molar-refractivity contribution in [3.8, 4) is 0 Å². The van der Waals surface area contributed by atoms with Crippen molar-refractivity contribution >= 4 is 17.5 Å². The predicted octanol–water partition coefficient (Wildman–Crippen LogP) is 7.79. The second kappa shape index (κ2) is 12.7. The molecular formula is C40H56N2O10. The standard InChI is InChI=1S/C40H56N2O10/c1-21-8-12-26(13-9-21)41-36(43)48-42-31(33-25(5)30-15-11-23(3)28-17-19-38(7)47-35(45-33)40(28,30)52-50-38)20-32-24(4)29-14-10-22(2)27-16-18-37(6)46-34(44-32)39(27,29)51-49-37/h8-9,12-13,22-25,27-30,32-35H,10-11,14-20H2,1-7H3,(H,41,43)/b42-31-/t22-,23-,24-,25-,27+,28+,29+,30+,32-,33+,34-,35-,37+,38+,39-,40-/m1/s1. The second-order valence-corrected chi connectivity index (χ2v) is 17.9. The molecule has 10 aliphatic rings. The number of anilines is 1. The molecule has 11 rings (SSSR count). The molecule has 12 nitrogen and oxygen atoms in total. The summed E-state index contributed by atoms with van der Waals surface area (Å²) in [5, 5.41) is 7.47. The van der Waals surface area contributed by atoms with E-state index in [-0.39, 0.29) is 41.6 Å². The van der Waals surface area contributed by atoms with Crippen LogP contribution >= 0.6 is 0 Å². The second-order valence-electron chi connectivity index (χ2n) is 17.9. The maximum absolute atomic E-state index is 13.2. The average molecular weight is 725 g/mol. The summed E-state index contributed by atoms with van der Waals surface area (Å²) in [5.74, 6) is -0.160. The summed E-state index contributed by atoms with van der Waals surface area (Å²) in [6.07, 6.45) is 5.07. The lowest BCUT2D eigenvalue weighted by molar-refractivity contribution is -0.571. The molecule has 10 fully saturated rings. The fraction of sp³-hybridized carbons (Fsp3) is 0.800. The Bertz CT molecular complexity index is 1580. The number of nitrogens with one attached hydrogen (secondary N) is 1. The van der Waals surface area contributed by atoms with Crippen LogP contribution in [0.25, 0.3) is 0 Å². The Morgan fingerprint density at radius 3 is 1.90 bits per heavy atom. The molecule has 0 radical (unpaired) electrons. The predicted molar refractivity (Wildman–Crippen MR) is 187 cm³/mol. The lowest BCUT2D eigenvalue weighted by Crippen LogP contribution is -2.71. The highest BCUT2D eigenvalue weighted by Gasteiger charge is 2.71. The third-order valence-electron chi connectivity index (χ3n) is 14.7. The molecule has 2 spiro atoms. The first kappa shape index (κ1) is 35.5. The van der Waals surface area contributed by atoms with Crippen molar-refractivity contribution in [3.05, 3.63) is 29.8 Å². The van der Waals surface area contributed by atoms with Gasteiger partial charge in [-0.05, 0) is 107 Å². The van der Waals surface area contributed by atoms with Crippen molar-refractivity contribution in [2.75, 3.05) is 5.32 Å². The Balaban J connectivity index is 1.05. The summed E-state index contributed by atoms with van der Waals surface area (Å²) in [6.45, 7) is 14.9. The Morgan fingerprint density at radius 2 is 1.31 bits per heavy atom. The van der Waals surface area contributed by atoms with Gasteiger partial charge in [0.05, 0.1) is 11.8 Å². The first-order valence-electron chi connectivity index (χ1n) is 19.9. The molecule has 1 aromatic carbocycles. The molecule has 0 unspecified atom stereocenters. The third-order valence-corrected chi connectivity index (χ3v) is 14.7. The molecule has 0 aromatic heterocycles. The largest absolute Gasteiger partial charge is 0.437 e. The summed E-state index contributed by atoms with van der Waals surface area (Å²) in [7, 11) is 0. The van der Waals surface area contributed by atoms with Crippen molar-refractivity contribution in [3.63, 3.8) is 0 Å². The molecule has 12 heteroatoms. The first-order valence-corrected chi connectivity index (χ1v) is 19.9. The van der Waals surface area contributed by atoms with Crippen molar-refractivity contribution in [1.82, 2.24) is 0 Å². The van der Waals surface area contributed by atoms with Crippen LogP contribution in [-0.4, -0.2) is 59.4 Å². The van der Waals surface area contributed by atoms with Crippen molar-refractivity contribution in [1.29, 1.82) is 0 Å². The number of carbonyl (C=O) groups excluding carboxylic acids is 1. The van der Waals surface area contributed by atoms with Gasteiger partial charge >= 0.3 is 6.09 Å². The normalized spacial score (nSPS) is 50.7. The van der Waals surface area contributed by atoms with Crippen LogP contribution in [0.5, 0.6) is 0 Å². The fourth-order valence-electron chi connectivity index (χ4n) is 11.8. The van der Waals surface area contributed by atoms with Gasteiger partial charge in [0, 0.05) is 36.8 Å². The zero-order valence-electron chi connectivity index (χ0n) is 31.6. The molecule has 52 heavy (non-hydrogen) atoms. The minimum Gasteiger partial charge on any atom is -0.345 e. The zero-order valence-corrected chi connectivity index (χ0v) is 31.6. The molecule has 1 N–H and O–H groups in total. The van der Waals surface area contributed by atoms with E-state index in [0.717, 1.165) is 56.9 Å². The molecule has 286 valence electrons. The number of fused-ring (bicyclic) bond motifs is 4. The molecule has 1 amide bonds. The number of oxime groups is 1. The highest BCUT2D eigenvalue weighted by atomic mass is 17.3. The molecular weight excluding hydrogens is 668 g/mol. The van der Waals surface area contributed by atoms with E-state index in [1.54, 1.807) is 0 Å². The van der Waals surface area contributed by atoms with E-state index in [1.807, 2.05) is 45.0 Å². The molecule has 8 aliphatic heterocycles. The third kappa shape index (κ3) is 5.44. The number of hydrogen-bond acceptors (Lipinski definition) is 11. The van der Waals surface area contributed by atoms with E-state index in [1.165, 1.54) is 0 Å². The summed E-state index contributed by atoms with van der Waals surface area (Å²) >= 11 is 0. The molecule has 2 aliphatic carbocycles. The molecule has 16 atom stereocenters. The molecule has 8 saturated heterocycles. The van der Waals surface area contributed by atoms with Crippen LogP contribution in [0.3, 0.4) is 0 Å². The van der Waals surface area contributed by atoms with E-state index in [2.05, 4.69) is 38.2 Å². The summed E-state index contributed by atoms with van der Waals surface area (Å²) < 4.78 is 27.4. The van der Waals surface area contributed by atoms with Gasteiger partial charge in [0.25, 0.3) is 0 Å². The number of aryl methyl sites for hydroxylation is 1. The van der Waals surface area contributed by atoms with Gasteiger partial charge in [-0.2, -0.15) is 0 Å². The van der Waals surface area contributed by atoms with Gasteiger partial charge in [-0.25, -0.2) is 24.3 Å². The van der Waals surface area contributed by atoms with Gasteiger partial charge < -0.3 is 18.9 Å². The van der Waals surface area contributed by atoms with Gasteiger partial charge in [-0.15, -0.1) is 0 Å². The molecule has 8 heterocycles. The van der Waals surface area contributed by atoms with Crippen LogP contribution in [0.15, 0.2) is 29.4 Å². The van der Waals surface area contributed by atoms with E-state index >= 15 is 0 Å². The number of benzene rings is 1. The summed E-state index contributed by atoms with van der Waals surface area (Å²) in [4.78, 5) is 43.9. The van der Waals surface area contributed by atoms with Gasteiger partial charge in [-0.3, -0.25) is 10.2 Å². The fourth-order valence-corrected chi connectivity index (χ4v) is 11.8. The minimum absolute atomic E-state index is 0.0469. The Kier molecular flexibility index (Phi) is 8.67. The quantitative estimate of drug-likeness (QED) is 0.139. The van der Waals surface area contributed by atoms with E-state index in [0.29, 0.717) is 29.7 Å². The number of carbonyl (C=O) groups is 1. The van der Waals surface area contributed by atoms with Gasteiger partial charge in [0.1, 0.15) is 6.10 Å². The van der Waals surface area contributed by atoms with Gasteiger partial charge in [0.2, 0.25) is 11.6 Å². The smallest absolute Gasteiger partial charge is 0.345 e. The van der Waals surface area contributed by atoms with Crippen molar-refractivity contribution in [2.45, 2.75) is 154 Å². The maximum Gasteiger partial charge on any atom is 0.437 e. The lowest BCUT2D eigenvalue weighted by atomic mass is 9.56. The van der Waals surface area contributed by atoms with E-state index in [4.69, 9.17) is 43.3 Å². The molecule has 2 saturated carbocycles. The monoisotopic (exact) mass is 724 g/mol. The molecule has 4 bridgehead atoms. The number of hydrogen-bond donors (Lipinski definition) is 1. The van der Waals surface area contributed by atoms with Gasteiger partial charge in [-0.1, -0.05) is 50.5 Å². The van der Waals surface area contributed by atoms with Crippen molar-refractivity contribution < 1.29 is 48.1 Å². The van der Waals surface area contributed by atoms with E-state index in [9.17, 15) is 4.79 Å². The number of ether oxygens (including phenoxy) is 4. The Labute approximate surface area is 306 Å². The van der Waals surface area contributed by atoms with Crippen LogP contribution < -0.4 is 5.32 Å². The Morgan fingerprint density at radius 1 is 0.750 bits per heavy atom. The van der Waals surface area contributed by atoms with E-state index < -0.39 is 47.6 Å². The number of nitrogens with zero attached hydrogens (tertiary/aromatic N) is 1. The maximum atomic E-state index is 13.2. The van der Waals surface area contributed by atoms with Crippen LogP contribution in [0.2, 0.25) is 0 Å². The van der Waals surface area contributed by atoms with Crippen LogP contribution in [0.4, 0.5) is 10.5 Å². The van der Waals surface area contributed by atoms with Crippen molar-refractivity contribution in [2.24, 2.45) is 52.5 Å². The first-order chi connectivity index (χ1) is 24.8. The zero-order chi connectivity index (χ0) is 36.2. The SMILES string of the molecule is Cc1ccc(NC(=O)O/N=C(/C[C@H]2O[C@@H]3O[C@]4(C)CC[C@H]5[C@H](C)CC[C@@H]([C@H]2C)[C@@]35OO4)[C@H]2O[C@@H]3O[C@]4(C)CC[C@H]5[C@H](C)CC[C@@H]([C@H]2C)[C@@]35OO4)cc1. The number of amides is 1. The lowest BCUT2D eigenvalue weighted by Gasteiger charge is -2.61. The van der Waals surface area contributed by atoms with Crippen LogP contribution in [0.1, 0.15) is 105 Å². The average Bonchev–Trinajstić information content (AvgIpc) is 3.49. The minimum atomic E-state index is -0.914. The van der Waals surface area contributed by atoms with Crippen LogP contribution in [-0.2, 0) is 43.3 Å². The summed E-state index contributed by atoms with van der Waals surface area (Å²) in [5.41, 5.74) is 0.908. The number of rotatable bonds is 5.